The molecule has 2 aromatic rings. The summed E-state index contributed by atoms with van der Waals surface area (Å²) >= 11 is 0. The van der Waals surface area contributed by atoms with E-state index in [1.54, 1.807) is 18.3 Å². The molecule has 0 radical (unpaired) electrons. The molecule has 1 aromatic carbocycles. The molecular formula is C16H20FN5O. The molecule has 2 N–H and O–H groups in total. The van der Waals surface area contributed by atoms with Crippen LogP contribution >= 0.6 is 0 Å². The molecule has 6 nitrogen and oxygen atoms in total. The first-order chi connectivity index (χ1) is 11.2. The minimum Gasteiger partial charge on any atom is -0.350 e. The van der Waals surface area contributed by atoms with Crippen molar-refractivity contribution in [1.82, 2.24) is 25.6 Å². The second-order valence-corrected chi connectivity index (χ2v) is 5.85. The van der Waals surface area contributed by atoms with Gasteiger partial charge in [0.25, 0.3) is 5.91 Å². The van der Waals surface area contributed by atoms with E-state index in [2.05, 4.69) is 20.9 Å². The molecule has 1 amide bonds. The van der Waals surface area contributed by atoms with Crippen LogP contribution in [0.1, 0.15) is 28.9 Å². The first-order valence-corrected chi connectivity index (χ1v) is 7.84. The molecule has 23 heavy (non-hydrogen) atoms. The van der Waals surface area contributed by atoms with Crippen molar-refractivity contribution in [3.63, 3.8) is 0 Å². The third kappa shape index (κ3) is 4.35. The molecule has 1 aliphatic heterocycles. The Hall–Kier alpha value is -2.28. The van der Waals surface area contributed by atoms with Gasteiger partial charge in [-0.1, -0.05) is 17.3 Å². The van der Waals surface area contributed by atoms with Crippen LogP contribution in [0.25, 0.3) is 0 Å². The molecule has 2 heterocycles. The third-order valence-corrected chi connectivity index (χ3v) is 3.96. The summed E-state index contributed by atoms with van der Waals surface area (Å²) in [5, 5.41) is 14.0. The summed E-state index contributed by atoms with van der Waals surface area (Å²) in [6.45, 7) is 3.01. The number of nitrogens with one attached hydrogen (secondary N) is 2. The van der Waals surface area contributed by atoms with Gasteiger partial charge in [0.05, 0.1) is 12.7 Å². The van der Waals surface area contributed by atoms with Crippen molar-refractivity contribution in [3.8, 4) is 0 Å². The van der Waals surface area contributed by atoms with Crippen LogP contribution in [0, 0.1) is 11.7 Å². The average Bonchev–Trinajstić information content (AvgIpc) is 3.02. The number of halogens is 1. The van der Waals surface area contributed by atoms with E-state index < -0.39 is 0 Å². The van der Waals surface area contributed by atoms with Crippen molar-refractivity contribution >= 4 is 5.91 Å². The van der Waals surface area contributed by atoms with Crippen LogP contribution in [0.2, 0.25) is 0 Å². The van der Waals surface area contributed by atoms with Gasteiger partial charge in [0, 0.05) is 6.54 Å². The summed E-state index contributed by atoms with van der Waals surface area (Å²) in [5.41, 5.74) is 1.06. The third-order valence-electron chi connectivity index (χ3n) is 3.96. The molecule has 3 rings (SSSR count). The van der Waals surface area contributed by atoms with Crippen LogP contribution in [-0.2, 0) is 6.54 Å². The summed E-state index contributed by atoms with van der Waals surface area (Å²) < 4.78 is 14.7. The fourth-order valence-electron chi connectivity index (χ4n) is 2.73. The smallest absolute Gasteiger partial charge is 0.273 e. The number of rotatable bonds is 5. The van der Waals surface area contributed by atoms with Crippen LogP contribution in [0.3, 0.4) is 0 Å². The second kappa shape index (κ2) is 7.32. The van der Waals surface area contributed by atoms with Crippen LogP contribution in [0.4, 0.5) is 4.39 Å². The molecule has 0 spiro atoms. The van der Waals surface area contributed by atoms with E-state index in [0.29, 0.717) is 19.0 Å². The monoisotopic (exact) mass is 317 g/mol. The molecule has 0 bridgehead atoms. The van der Waals surface area contributed by atoms with Gasteiger partial charge >= 0.3 is 0 Å². The zero-order chi connectivity index (χ0) is 16.1. The Morgan fingerprint density at radius 1 is 1.48 bits per heavy atom. The number of aromatic nitrogens is 3. The highest BCUT2D eigenvalue weighted by Gasteiger charge is 2.16. The Labute approximate surface area is 134 Å². The Kier molecular flexibility index (Phi) is 4.97. The van der Waals surface area contributed by atoms with E-state index in [-0.39, 0.29) is 17.4 Å². The minimum absolute atomic E-state index is 0.221. The Morgan fingerprint density at radius 2 is 2.39 bits per heavy atom. The van der Waals surface area contributed by atoms with Crippen LogP contribution in [0.15, 0.2) is 30.5 Å². The summed E-state index contributed by atoms with van der Waals surface area (Å²) in [7, 11) is 0. The maximum absolute atomic E-state index is 13.2. The van der Waals surface area contributed by atoms with Crippen LogP contribution in [-0.4, -0.2) is 40.5 Å². The number of benzene rings is 1. The van der Waals surface area contributed by atoms with Crippen molar-refractivity contribution in [3.05, 3.63) is 47.5 Å². The van der Waals surface area contributed by atoms with E-state index in [1.165, 1.54) is 16.8 Å². The first-order valence-electron chi connectivity index (χ1n) is 7.84. The number of nitrogens with zero attached hydrogens (tertiary/aromatic N) is 3. The number of hydrogen-bond acceptors (Lipinski definition) is 4. The zero-order valence-corrected chi connectivity index (χ0v) is 12.8. The van der Waals surface area contributed by atoms with Crippen LogP contribution in [0.5, 0.6) is 0 Å². The Balaban J connectivity index is 1.54. The summed E-state index contributed by atoms with van der Waals surface area (Å²) in [5.74, 6) is -0.0437. The molecular weight excluding hydrogens is 297 g/mol. The highest BCUT2D eigenvalue weighted by Crippen LogP contribution is 2.09. The van der Waals surface area contributed by atoms with E-state index >= 15 is 0 Å². The molecule has 0 saturated carbocycles. The van der Waals surface area contributed by atoms with Gasteiger partial charge in [-0.05, 0) is 49.5 Å². The quantitative estimate of drug-likeness (QED) is 0.869. The highest BCUT2D eigenvalue weighted by molar-refractivity contribution is 5.91. The molecule has 122 valence electrons. The molecule has 1 aliphatic rings. The topological polar surface area (TPSA) is 71.8 Å². The maximum Gasteiger partial charge on any atom is 0.273 e. The summed E-state index contributed by atoms with van der Waals surface area (Å²) in [6.07, 6.45) is 3.85. The maximum atomic E-state index is 13.2. The number of hydrogen-bond donors (Lipinski definition) is 2. The summed E-state index contributed by atoms with van der Waals surface area (Å²) in [6, 6.07) is 6.29. The molecule has 1 atom stereocenters. The lowest BCUT2D eigenvalue weighted by molar-refractivity contribution is 0.0939. The fourth-order valence-corrected chi connectivity index (χ4v) is 2.73. The van der Waals surface area contributed by atoms with E-state index in [1.807, 2.05) is 0 Å². The van der Waals surface area contributed by atoms with Gasteiger partial charge in [-0.25, -0.2) is 9.07 Å². The van der Waals surface area contributed by atoms with Crippen LogP contribution < -0.4 is 10.6 Å². The minimum atomic E-state index is -0.290. The molecule has 1 fully saturated rings. The average molecular weight is 317 g/mol. The van der Waals surface area contributed by atoms with Crippen molar-refractivity contribution in [2.45, 2.75) is 19.4 Å². The molecule has 1 unspecified atom stereocenters. The number of piperidine rings is 1. The number of carbonyl (C=O) groups is 1. The second-order valence-electron chi connectivity index (χ2n) is 5.85. The van der Waals surface area contributed by atoms with Crippen molar-refractivity contribution in [2.24, 2.45) is 5.92 Å². The standard InChI is InChI=1S/C16H20FN5O/c17-14-5-1-3-12(7-14)10-22-11-15(20-21-22)16(23)19-9-13-4-2-6-18-8-13/h1,3,5,7,11,13,18H,2,4,6,8-10H2,(H,19,23). The SMILES string of the molecule is O=C(NCC1CCCNC1)c1cn(Cc2cccc(F)c2)nn1. The van der Waals surface area contributed by atoms with Gasteiger partial charge in [0.1, 0.15) is 5.82 Å². The van der Waals surface area contributed by atoms with Gasteiger partial charge in [-0.3, -0.25) is 4.79 Å². The normalized spacial score (nSPS) is 17.9. The highest BCUT2D eigenvalue weighted by atomic mass is 19.1. The fraction of sp³-hybridized carbons (Fsp3) is 0.438. The molecule has 1 aromatic heterocycles. The zero-order valence-electron chi connectivity index (χ0n) is 12.8. The Bertz CT molecular complexity index is 666. The van der Waals surface area contributed by atoms with Gasteiger partial charge in [-0.2, -0.15) is 0 Å². The first kappa shape index (κ1) is 15.6. The number of carbonyl (C=O) groups excluding carboxylic acids is 1. The van der Waals surface area contributed by atoms with Gasteiger partial charge in [0.2, 0.25) is 0 Å². The lowest BCUT2D eigenvalue weighted by Crippen LogP contribution is -2.38. The largest absolute Gasteiger partial charge is 0.350 e. The van der Waals surface area contributed by atoms with Gasteiger partial charge in [0.15, 0.2) is 5.69 Å². The summed E-state index contributed by atoms with van der Waals surface area (Å²) in [4.78, 5) is 12.1. The Morgan fingerprint density at radius 3 is 3.17 bits per heavy atom. The van der Waals surface area contributed by atoms with Gasteiger partial charge < -0.3 is 10.6 Å². The lowest BCUT2D eigenvalue weighted by Gasteiger charge is -2.22. The molecule has 0 aliphatic carbocycles. The molecule has 1 saturated heterocycles. The van der Waals surface area contributed by atoms with E-state index in [0.717, 1.165) is 31.5 Å². The van der Waals surface area contributed by atoms with E-state index in [4.69, 9.17) is 0 Å². The predicted molar refractivity (Wildman–Crippen MR) is 83.5 cm³/mol. The van der Waals surface area contributed by atoms with Crippen molar-refractivity contribution in [1.29, 1.82) is 0 Å². The lowest BCUT2D eigenvalue weighted by atomic mass is 10.00. The van der Waals surface area contributed by atoms with Gasteiger partial charge in [-0.15, -0.1) is 5.10 Å². The predicted octanol–water partition coefficient (Wildman–Crippen LogP) is 1.19. The number of amides is 1. The molecule has 7 heteroatoms. The van der Waals surface area contributed by atoms with Crippen molar-refractivity contribution in [2.75, 3.05) is 19.6 Å². The van der Waals surface area contributed by atoms with Crippen molar-refractivity contribution < 1.29 is 9.18 Å². The van der Waals surface area contributed by atoms with E-state index in [9.17, 15) is 9.18 Å².